The molecule has 4 nitrogen and oxygen atoms in total. The van der Waals surface area contributed by atoms with Crippen molar-refractivity contribution in [3.63, 3.8) is 0 Å². The van der Waals surface area contributed by atoms with Crippen LogP contribution in [0.5, 0.6) is 0 Å². The lowest BCUT2D eigenvalue weighted by molar-refractivity contribution is -0.113. The number of hydrogen-bond acceptors (Lipinski definition) is 3. The molecule has 0 saturated carbocycles. The minimum atomic E-state index is -0.276. The van der Waals surface area contributed by atoms with E-state index >= 15 is 0 Å². The van der Waals surface area contributed by atoms with Crippen LogP contribution >= 0.6 is 11.8 Å². The first-order valence-corrected chi connectivity index (χ1v) is 9.86. The van der Waals surface area contributed by atoms with Gasteiger partial charge in [0.15, 0.2) is 0 Å². The number of hydrogen-bond donors (Lipinski definition) is 0. The Bertz CT molecular complexity index is 1110. The lowest BCUT2D eigenvalue weighted by Crippen LogP contribution is -2.27. The van der Waals surface area contributed by atoms with Crippen LogP contribution in [0.3, 0.4) is 0 Å². The quantitative estimate of drug-likeness (QED) is 0.545. The van der Waals surface area contributed by atoms with Gasteiger partial charge in [-0.25, -0.2) is 4.90 Å². The van der Waals surface area contributed by atoms with Crippen LogP contribution in [0.4, 0.5) is 10.5 Å². The number of aryl methyl sites for hydroxylation is 2. The number of benzene rings is 2. The molecule has 2 aromatic carbocycles. The number of carbonyl (C=O) groups is 2. The van der Waals surface area contributed by atoms with Gasteiger partial charge in [0.1, 0.15) is 0 Å². The molecule has 2 heterocycles. The van der Waals surface area contributed by atoms with Crippen LogP contribution in [0.1, 0.15) is 22.5 Å². The molecule has 0 N–H and O–H groups in total. The minimum absolute atomic E-state index is 0.269. The Hall–Kier alpha value is -3.05. The van der Waals surface area contributed by atoms with Gasteiger partial charge < -0.3 is 4.57 Å². The Morgan fingerprint density at radius 2 is 1.57 bits per heavy atom. The van der Waals surface area contributed by atoms with Crippen LogP contribution < -0.4 is 4.90 Å². The molecule has 0 aliphatic carbocycles. The minimum Gasteiger partial charge on any atom is -0.318 e. The first-order chi connectivity index (χ1) is 13.5. The predicted molar refractivity (Wildman–Crippen MR) is 115 cm³/mol. The molecule has 0 unspecified atom stereocenters. The standard InChI is InChI=1S/C23H20N2O2S/c1-15-8-7-11-20(12-15)24-16(2)13-18(17(24)3)14-21-22(26)25(23(27)28-21)19-9-5-4-6-10-19/h4-14H,1-3H3/b21-14-. The topological polar surface area (TPSA) is 42.3 Å². The SMILES string of the molecule is Cc1cccc(-n2c(C)cc(/C=C3\SC(=O)N(c4ccccc4)C3=O)c2C)c1. The summed E-state index contributed by atoms with van der Waals surface area (Å²) in [4.78, 5) is 26.9. The molecule has 0 atom stereocenters. The maximum atomic E-state index is 12.8. The molecule has 0 bridgehead atoms. The highest BCUT2D eigenvalue weighted by atomic mass is 32.2. The average molecular weight is 388 g/mol. The van der Waals surface area contributed by atoms with Crippen molar-refractivity contribution in [1.82, 2.24) is 4.57 Å². The second kappa shape index (κ2) is 7.17. The highest BCUT2D eigenvalue weighted by Gasteiger charge is 2.36. The fraction of sp³-hybridized carbons (Fsp3) is 0.130. The number of nitrogens with zero attached hydrogens (tertiary/aromatic N) is 2. The lowest BCUT2D eigenvalue weighted by Gasteiger charge is -2.11. The average Bonchev–Trinajstić information content (AvgIpc) is 3.11. The first kappa shape index (κ1) is 18.3. The van der Waals surface area contributed by atoms with E-state index in [2.05, 4.69) is 29.7 Å². The van der Waals surface area contributed by atoms with Gasteiger partial charge in [0.25, 0.3) is 11.1 Å². The Morgan fingerprint density at radius 1 is 0.857 bits per heavy atom. The highest BCUT2D eigenvalue weighted by Crippen LogP contribution is 2.36. The van der Waals surface area contributed by atoms with Gasteiger partial charge in [-0.15, -0.1) is 0 Å². The summed E-state index contributed by atoms with van der Waals surface area (Å²) in [7, 11) is 0. The van der Waals surface area contributed by atoms with Crippen molar-refractivity contribution < 1.29 is 9.59 Å². The Labute approximate surface area is 168 Å². The number of thioether (sulfide) groups is 1. The van der Waals surface area contributed by atoms with Crippen LogP contribution in [-0.4, -0.2) is 15.7 Å². The zero-order chi connectivity index (χ0) is 19.8. The zero-order valence-corrected chi connectivity index (χ0v) is 16.8. The summed E-state index contributed by atoms with van der Waals surface area (Å²) in [5.41, 5.74) is 5.94. The summed E-state index contributed by atoms with van der Waals surface area (Å²) >= 11 is 0.983. The van der Waals surface area contributed by atoms with E-state index in [1.54, 1.807) is 12.1 Å². The zero-order valence-electron chi connectivity index (χ0n) is 16.0. The van der Waals surface area contributed by atoms with E-state index in [-0.39, 0.29) is 11.1 Å². The van der Waals surface area contributed by atoms with E-state index in [1.807, 2.05) is 50.3 Å². The molecule has 1 aliphatic heterocycles. The van der Waals surface area contributed by atoms with Crippen LogP contribution in [0, 0.1) is 20.8 Å². The maximum absolute atomic E-state index is 12.8. The third kappa shape index (κ3) is 3.18. The second-order valence-electron chi connectivity index (χ2n) is 6.85. The monoisotopic (exact) mass is 388 g/mol. The van der Waals surface area contributed by atoms with E-state index in [4.69, 9.17) is 0 Å². The largest absolute Gasteiger partial charge is 0.318 e. The molecular weight excluding hydrogens is 368 g/mol. The summed E-state index contributed by atoms with van der Waals surface area (Å²) in [6, 6.07) is 19.4. The molecule has 0 radical (unpaired) electrons. The van der Waals surface area contributed by atoms with Gasteiger partial charge in [0.05, 0.1) is 10.6 Å². The molecule has 0 spiro atoms. The van der Waals surface area contributed by atoms with Crippen molar-refractivity contribution in [2.24, 2.45) is 0 Å². The molecule has 1 saturated heterocycles. The van der Waals surface area contributed by atoms with E-state index < -0.39 is 0 Å². The molecular formula is C23H20N2O2S. The normalized spacial score (nSPS) is 15.7. The molecule has 4 rings (SSSR count). The van der Waals surface area contributed by atoms with Crippen molar-refractivity contribution in [3.8, 4) is 5.69 Å². The smallest absolute Gasteiger partial charge is 0.298 e. The number of rotatable bonds is 3. The molecule has 5 heteroatoms. The summed E-state index contributed by atoms with van der Waals surface area (Å²) in [5, 5.41) is -0.269. The molecule has 1 aliphatic rings. The van der Waals surface area contributed by atoms with E-state index in [1.165, 1.54) is 10.5 Å². The first-order valence-electron chi connectivity index (χ1n) is 9.04. The van der Waals surface area contributed by atoms with Gasteiger partial charge in [-0.1, -0.05) is 30.3 Å². The van der Waals surface area contributed by atoms with Gasteiger partial charge in [-0.3, -0.25) is 9.59 Å². The van der Waals surface area contributed by atoms with Crippen molar-refractivity contribution in [3.05, 3.63) is 88.1 Å². The van der Waals surface area contributed by atoms with Crippen molar-refractivity contribution in [1.29, 1.82) is 0 Å². The van der Waals surface area contributed by atoms with Crippen molar-refractivity contribution in [2.75, 3.05) is 4.90 Å². The number of carbonyl (C=O) groups excluding carboxylic acids is 2. The molecule has 3 aromatic rings. The number of anilines is 1. The van der Waals surface area contributed by atoms with Gasteiger partial charge in [-0.2, -0.15) is 0 Å². The van der Waals surface area contributed by atoms with Crippen LogP contribution in [0.25, 0.3) is 11.8 Å². The fourth-order valence-corrected chi connectivity index (χ4v) is 4.34. The maximum Gasteiger partial charge on any atom is 0.298 e. The third-order valence-corrected chi connectivity index (χ3v) is 5.69. The van der Waals surface area contributed by atoms with E-state index in [9.17, 15) is 9.59 Å². The predicted octanol–water partition coefficient (Wildman–Crippen LogP) is 5.64. The van der Waals surface area contributed by atoms with Gasteiger partial charge in [0.2, 0.25) is 0 Å². The Morgan fingerprint density at radius 3 is 2.29 bits per heavy atom. The van der Waals surface area contributed by atoms with Gasteiger partial charge >= 0.3 is 0 Å². The van der Waals surface area contributed by atoms with Gasteiger partial charge in [0, 0.05) is 17.1 Å². The number of aromatic nitrogens is 1. The molecule has 2 amide bonds. The van der Waals surface area contributed by atoms with Gasteiger partial charge in [-0.05, 0) is 80.1 Å². The summed E-state index contributed by atoms with van der Waals surface area (Å²) in [6.07, 6.45) is 1.82. The molecule has 28 heavy (non-hydrogen) atoms. The molecule has 140 valence electrons. The van der Waals surface area contributed by atoms with Crippen LogP contribution in [-0.2, 0) is 4.79 Å². The van der Waals surface area contributed by atoms with Crippen LogP contribution in [0.15, 0.2) is 65.6 Å². The highest BCUT2D eigenvalue weighted by molar-refractivity contribution is 8.19. The van der Waals surface area contributed by atoms with E-state index in [0.717, 1.165) is 34.4 Å². The van der Waals surface area contributed by atoms with E-state index in [0.29, 0.717) is 10.6 Å². The molecule has 1 fully saturated rings. The van der Waals surface area contributed by atoms with Crippen molar-refractivity contribution >= 4 is 34.7 Å². The molecule has 1 aromatic heterocycles. The second-order valence-corrected chi connectivity index (χ2v) is 7.85. The number of amides is 2. The summed E-state index contributed by atoms with van der Waals surface area (Å²) in [6.45, 7) is 6.14. The fourth-order valence-electron chi connectivity index (χ4n) is 3.51. The van der Waals surface area contributed by atoms with Crippen LogP contribution in [0.2, 0.25) is 0 Å². The van der Waals surface area contributed by atoms with Crippen molar-refractivity contribution in [2.45, 2.75) is 20.8 Å². The number of para-hydroxylation sites is 1. The summed E-state index contributed by atoms with van der Waals surface area (Å²) < 4.78 is 2.17. The Balaban J connectivity index is 1.72. The lowest BCUT2D eigenvalue weighted by atomic mass is 10.2. The number of imide groups is 1. The Kier molecular flexibility index (Phi) is 4.69. The summed E-state index contributed by atoms with van der Waals surface area (Å²) in [5.74, 6) is -0.276. The third-order valence-electron chi connectivity index (χ3n) is 4.82.